The quantitative estimate of drug-likeness (QED) is 0.485. The molecule has 3 rings (SSSR count). The van der Waals surface area contributed by atoms with Gasteiger partial charge in [-0.3, -0.25) is 4.79 Å². The summed E-state index contributed by atoms with van der Waals surface area (Å²) in [7, 11) is 0. The summed E-state index contributed by atoms with van der Waals surface area (Å²) < 4.78 is 15.4. The molecule has 30 heavy (non-hydrogen) atoms. The number of alkyl halides is 1. The van der Waals surface area contributed by atoms with Crippen molar-refractivity contribution in [2.45, 2.75) is 12.6 Å². The highest BCUT2D eigenvalue weighted by Crippen LogP contribution is 2.42. The van der Waals surface area contributed by atoms with Crippen molar-refractivity contribution in [2.24, 2.45) is 11.7 Å². The zero-order valence-corrected chi connectivity index (χ0v) is 18.5. The first-order valence-corrected chi connectivity index (χ1v) is 10.6. The molecule has 0 saturated carbocycles. The van der Waals surface area contributed by atoms with Crippen molar-refractivity contribution in [3.8, 4) is 0 Å². The molecule has 2 aliphatic carbocycles. The number of nitrogens with two attached hydrogens (primary N) is 1. The van der Waals surface area contributed by atoms with Crippen molar-refractivity contribution in [3.05, 3.63) is 69.6 Å². The molecule has 0 spiro atoms. The van der Waals surface area contributed by atoms with Crippen LogP contribution in [0.25, 0.3) is 0 Å². The molecular weight excluding hydrogens is 448 g/mol. The molecule has 1 heterocycles. The summed E-state index contributed by atoms with van der Waals surface area (Å²) in [4.78, 5) is 15.7. The van der Waals surface area contributed by atoms with Gasteiger partial charge in [0.2, 0.25) is 5.91 Å². The topological polar surface area (TPSA) is 69.8 Å². The van der Waals surface area contributed by atoms with Crippen molar-refractivity contribution in [1.82, 2.24) is 9.80 Å². The van der Waals surface area contributed by atoms with E-state index in [1.165, 1.54) is 18.2 Å². The molecule has 1 fully saturated rings. The van der Waals surface area contributed by atoms with Gasteiger partial charge in [0.05, 0.1) is 17.4 Å². The highest BCUT2D eigenvalue weighted by molar-refractivity contribution is 7.80. The first-order valence-electron chi connectivity index (χ1n) is 9.41. The van der Waals surface area contributed by atoms with Gasteiger partial charge >= 0.3 is 0 Å². The lowest BCUT2D eigenvalue weighted by Crippen LogP contribution is -2.50. The first kappa shape index (κ1) is 22.6. The van der Waals surface area contributed by atoms with E-state index in [2.05, 4.69) is 6.58 Å². The smallest absolute Gasteiger partial charge is 0.246 e. The molecule has 0 aromatic rings. The van der Waals surface area contributed by atoms with Crippen molar-refractivity contribution in [3.63, 3.8) is 0 Å². The van der Waals surface area contributed by atoms with Gasteiger partial charge in [0.1, 0.15) is 4.99 Å². The molecule has 3 N–H and O–H groups in total. The Morgan fingerprint density at radius 1 is 1.27 bits per heavy atom. The number of nitrogens with zero attached hydrogens (tertiary/aromatic N) is 2. The van der Waals surface area contributed by atoms with Crippen LogP contribution in [-0.4, -0.2) is 58.2 Å². The van der Waals surface area contributed by atoms with Crippen molar-refractivity contribution < 1.29 is 14.3 Å². The van der Waals surface area contributed by atoms with Crippen LogP contribution in [-0.2, 0) is 4.79 Å². The molecule has 0 bridgehead atoms. The summed E-state index contributed by atoms with van der Waals surface area (Å²) in [5.74, 6) is -0.883. The average molecular weight is 470 g/mol. The Morgan fingerprint density at radius 2 is 1.90 bits per heavy atom. The maximum absolute atomic E-state index is 15.4. The van der Waals surface area contributed by atoms with Gasteiger partial charge < -0.3 is 20.6 Å². The fraction of sp³-hybridized carbons (Fsp3) is 0.333. The number of carbonyl (C=O) groups excluding carboxylic acids is 1. The van der Waals surface area contributed by atoms with Gasteiger partial charge in [-0.15, -0.1) is 0 Å². The number of hydrogen-bond acceptors (Lipinski definition) is 4. The molecule has 3 aliphatic rings. The predicted molar refractivity (Wildman–Crippen MR) is 122 cm³/mol. The van der Waals surface area contributed by atoms with Gasteiger partial charge in [0, 0.05) is 48.2 Å². The minimum absolute atomic E-state index is 0.00853. The Kier molecular flexibility index (Phi) is 7.06. The second-order valence-corrected chi connectivity index (χ2v) is 8.37. The number of hydrogen-bond donors (Lipinski definition) is 2. The number of carbonyl (C=O) groups is 1. The number of thiocarbonyl (C=S) groups is 1. The molecule has 160 valence electrons. The third-order valence-electron chi connectivity index (χ3n) is 5.33. The van der Waals surface area contributed by atoms with Crippen molar-refractivity contribution in [2.75, 3.05) is 26.2 Å². The summed E-state index contributed by atoms with van der Waals surface area (Å²) in [5, 5.41) is 10.2. The number of allylic oxidation sites excluding steroid dienone is 7. The summed E-state index contributed by atoms with van der Waals surface area (Å²) in [6.07, 6.45) is 6.10. The van der Waals surface area contributed by atoms with Gasteiger partial charge in [0.15, 0.2) is 6.17 Å². The monoisotopic (exact) mass is 469 g/mol. The third kappa shape index (κ3) is 4.48. The van der Waals surface area contributed by atoms with Crippen LogP contribution in [0.3, 0.4) is 0 Å². The molecule has 9 heteroatoms. The number of halogens is 3. The molecule has 1 amide bonds. The first-order chi connectivity index (χ1) is 14.2. The van der Waals surface area contributed by atoms with E-state index in [4.69, 9.17) is 41.2 Å². The molecule has 5 nitrogen and oxygen atoms in total. The highest BCUT2D eigenvalue weighted by atomic mass is 35.5. The largest absolute Gasteiger partial charge is 0.512 e. The van der Waals surface area contributed by atoms with Crippen LogP contribution in [0, 0.1) is 5.92 Å². The maximum atomic E-state index is 15.4. The average Bonchev–Trinajstić information content (AvgIpc) is 2.91. The zero-order chi connectivity index (χ0) is 22.0. The minimum Gasteiger partial charge on any atom is -0.512 e. The molecular formula is C21H22Cl2FN3O2S. The number of rotatable bonds is 3. The molecule has 0 unspecified atom stereocenters. The van der Waals surface area contributed by atoms with E-state index in [1.54, 1.807) is 17.1 Å². The summed E-state index contributed by atoms with van der Waals surface area (Å²) >= 11 is 18.3. The van der Waals surface area contributed by atoms with Crippen LogP contribution in [0.2, 0.25) is 0 Å². The Bertz CT molecular complexity index is 931. The van der Waals surface area contributed by atoms with Crippen LogP contribution in [0.15, 0.2) is 69.6 Å². The zero-order valence-electron chi connectivity index (χ0n) is 16.2. The maximum Gasteiger partial charge on any atom is 0.246 e. The lowest BCUT2D eigenvalue weighted by atomic mass is 9.85. The highest BCUT2D eigenvalue weighted by Gasteiger charge is 2.37. The van der Waals surface area contributed by atoms with Crippen LogP contribution < -0.4 is 5.73 Å². The van der Waals surface area contributed by atoms with Crippen molar-refractivity contribution in [1.29, 1.82) is 0 Å². The number of aliphatic hydroxyl groups is 1. The van der Waals surface area contributed by atoms with Gasteiger partial charge in [-0.2, -0.15) is 0 Å². The Balaban J connectivity index is 1.80. The number of amides is 1. The van der Waals surface area contributed by atoms with E-state index in [0.717, 1.165) is 0 Å². The van der Waals surface area contributed by atoms with Crippen LogP contribution in [0.4, 0.5) is 4.39 Å². The second kappa shape index (κ2) is 9.37. The fourth-order valence-electron chi connectivity index (χ4n) is 3.62. The molecule has 1 saturated heterocycles. The van der Waals surface area contributed by atoms with E-state index in [9.17, 15) is 9.90 Å². The van der Waals surface area contributed by atoms with E-state index in [1.807, 2.05) is 4.90 Å². The second-order valence-electron chi connectivity index (χ2n) is 7.14. The van der Waals surface area contributed by atoms with Gasteiger partial charge in [0.25, 0.3) is 0 Å². The van der Waals surface area contributed by atoms with Gasteiger partial charge in [-0.25, -0.2) is 4.39 Å². The normalized spacial score (nSPS) is 25.0. The van der Waals surface area contributed by atoms with Crippen LogP contribution in [0.5, 0.6) is 0 Å². The van der Waals surface area contributed by atoms with E-state index < -0.39 is 12.1 Å². The number of aliphatic hydroxyl groups excluding tert-OH is 1. The van der Waals surface area contributed by atoms with Gasteiger partial charge in [-0.1, -0.05) is 48.1 Å². The standard InChI is InChI=1S/C21H22Cl2FN3O2S/c1-2-17(29)26-7-9-27(10-8-26)21(30)14-11-16(23)18(19(24)20(14)25)13-5-3-12(28)4-6-15(13)22/h2,4-6,11,18-19,28H,1,3,7-10,25H2/t18-,19-/m0/s1. The SMILES string of the molecule is C=CC(=O)N1CCN(C(=S)C2=C(N)[C@@H](F)[C@@H](C3=CCC(O)=CC=C3Cl)C(Cl)=C2)CC1. The molecule has 1 aliphatic heterocycles. The Labute approximate surface area is 190 Å². The molecule has 0 radical (unpaired) electrons. The Hall–Kier alpha value is -2.09. The van der Waals surface area contributed by atoms with E-state index in [0.29, 0.717) is 47.3 Å². The minimum atomic E-state index is -1.62. The lowest BCUT2D eigenvalue weighted by Gasteiger charge is -2.37. The van der Waals surface area contributed by atoms with E-state index >= 15 is 4.39 Å². The summed E-state index contributed by atoms with van der Waals surface area (Å²) in [5.41, 5.74) is 6.99. The predicted octanol–water partition coefficient (Wildman–Crippen LogP) is 3.84. The number of piperazine rings is 1. The van der Waals surface area contributed by atoms with Gasteiger partial charge in [-0.05, 0) is 29.9 Å². The fourth-order valence-corrected chi connectivity index (χ4v) is 4.58. The third-order valence-corrected chi connectivity index (χ3v) is 6.49. The van der Waals surface area contributed by atoms with Crippen molar-refractivity contribution >= 4 is 46.3 Å². The van der Waals surface area contributed by atoms with E-state index in [-0.39, 0.29) is 28.8 Å². The molecule has 2 atom stereocenters. The molecule has 0 aromatic carbocycles. The molecule has 0 aromatic heterocycles. The summed E-state index contributed by atoms with van der Waals surface area (Å²) in [6, 6.07) is 0. The summed E-state index contributed by atoms with van der Waals surface area (Å²) in [6.45, 7) is 5.48. The lowest BCUT2D eigenvalue weighted by molar-refractivity contribution is -0.127. The Morgan fingerprint density at radius 3 is 2.53 bits per heavy atom. The van der Waals surface area contributed by atoms with Crippen LogP contribution in [0.1, 0.15) is 6.42 Å². The van der Waals surface area contributed by atoms with Crippen LogP contribution >= 0.6 is 35.4 Å².